The molecule has 29 heavy (non-hydrogen) atoms. The SMILES string of the molecule is COc1ccc(-c2noc(COCc3ccccc3)c2-c2ccccc2)cc1F. The molecule has 1 heterocycles. The Morgan fingerprint density at radius 3 is 2.28 bits per heavy atom. The predicted octanol–water partition coefficient (Wildman–Crippen LogP) is 5.87. The highest BCUT2D eigenvalue weighted by molar-refractivity contribution is 5.82. The van der Waals surface area contributed by atoms with Crippen molar-refractivity contribution in [3.05, 3.63) is 96.0 Å². The molecule has 5 heteroatoms. The lowest BCUT2D eigenvalue weighted by Gasteiger charge is -2.07. The fourth-order valence-corrected chi connectivity index (χ4v) is 3.17. The second kappa shape index (κ2) is 8.71. The minimum atomic E-state index is -0.450. The Balaban J connectivity index is 1.66. The van der Waals surface area contributed by atoms with Crippen LogP contribution in [0.1, 0.15) is 11.3 Å². The van der Waals surface area contributed by atoms with Gasteiger partial charge in [-0.25, -0.2) is 4.39 Å². The van der Waals surface area contributed by atoms with Gasteiger partial charge in [0.2, 0.25) is 0 Å². The summed E-state index contributed by atoms with van der Waals surface area (Å²) < 4.78 is 30.7. The maximum Gasteiger partial charge on any atom is 0.170 e. The number of aromatic nitrogens is 1. The van der Waals surface area contributed by atoms with Gasteiger partial charge < -0.3 is 14.0 Å². The van der Waals surface area contributed by atoms with Crippen LogP contribution in [0, 0.1) is 5.82 Å². The minimum absolute atomic E-state index is 0.185. The van der Waals surface area contributed by atoms with Gasteiger partial charge in [0.05, 0.1) is 19.3 Å². The molecule has 0 N–H and O–H groups in total. The largest absolute Gasteiger partial charge is 0.494 e. The summed E-state index contributed by atoms with van der Waals surface area (Å²) in [4.78, 5) is 0. The first-order chi connectivity index (χ1) is 14.3. The quantitative estimate of drug-likeness (QED) is 0.396. The molecule has 0 aliphatic carbocycles. The fraction of sp³-hybridized carbons (Fsp3) is 0.125. The third-order valence-electron chi connectivity index (χ3n) is 4.60. The molecule has 4 rings (SSSR count). The second-order valence-electron chi connectivity index (χ2n) is 6.52. The Morgan fingerprint density at radius 1 is 0.862 bits per heavy atom. The highest BCUT2D eigenvalue weighted by Gasteiger charge is 2.20. The first kappa shape index (κ1) is 18.9. The van der Waals surface area contributed by atoms with Crippen molar-refractivity contribution in [3.63, 3.8) is 0 Å². The van der Waals surface area contributed by atoms with Crippen molar-refractivity contribution in [1.82, 2.24) is 5.16 Å². The number of benzene rings is 3. The first-order valence-corrected chi connectivity index (χ1v) is 9.26. The maximum absolute atomic E-state index is 14.3. The monoisotopic (exact) mass is 389 g/mol. The molecular formula is C24H20FNO3. The van der Waals surface area contributed by atoms with Crippen LogP contribution in [-0.4, -0.2) is 12.3 Å². The van der Waals surface area contributed by atoms with Crippen LogP contribution in [-0.2, 0) is 18.0 Å². The van der Waals surface area contributed by atoms with Gasteiger partial charge in [0.15, 0.2) is 17.3 Å². The number of hydrogen-bond acceptors (Lipinski definition) is 4. The van der Waals surface area contributed by atoms with E-state index >= 15 is 0 Å². The molecule has 0 amide bonds. The summed E-state index contributed by atoms with van der Waals surface area (Å²) in [5, 5.41) is 4.22. The van der Waals surface area contributed by atoms with Crippen LogP contribution < -0.4 is 4.74 Å². The molecule has 4 aromatic rings. The Hall–Kier alpha value is -3.44. The van der Waals surface area contributed by atoms with Crippen molar-refractivity contribution in [3.8, 4) is 28.1 Å². The Bertz CT molecular complexity index is 1080. The third kappa shape index (κ3) is 4.20. The van der Waals surface area contributed by atoms with Crippen molar-refractivity contribution in [2.24, 2.45) is 0 Å². The Kier molecular flexibility index (Phi) is 5.68. The van der Waals surface area contributed by atoms with Gasteiger partial charge in [-0.15, -0.1) is 0 Å². The van der Waals surface area contributed by atoms with E-state index in [4.69, 9.17) is 14.0 Å². The van der Waals surface area contributed by atoms with Crippen LogP contribution in [0.3, 0.4) is 0 Å². The van der Waals surface area contributed by atoms with Gasteiger partial charge in [-0.2, -0.15) is 0 Å². The zero-order chi connectivity index (χ0) is 20.1. The van der Waals surface area contributed by atoms with Crippen molar-refractivity contribution in [2.45, 2.75) is 13.2 Å². The highest BCUT2D eigenvalue weighted by Crippen LogP contribution is 2.36. The lowest BCUT2D eigenvalue weighted by molar-refractivity contribution is 0.0888. The van der Waals surface area contributed by atoms with Crippen LogP contribution in [0.15, 0.2) is 83.4 Å². The van der Waals surface area contributed by atoms with E-state index in [1.165, 1.54) is 13.2 Å². The molecule has 0 aliphatic rings. The molecule has 0 unspecified atom stereocenters. The molecule has 0 saturated heterocycles. The molecule has 0 radical (unpaired) electrons. The molecule has 4 nitrogen and oxygen atoms in total. The van der Waals surface area contributed by atoms with Gasteiger partial charge in [0, 0.05) is 5.56 Å². The smallest absolute Gasteiger partial charge is 0.170 e. The number of ether oxygens (including phenoxy) is 2. The molecule has 3 aromatic carbocycles. The van der Waals surface area contributed by atoms with E-state index in [1.54, 1.807) is 12.1 Å². The predicted molar refractivity (Wildman–Crippen MR) is 109 cm³/mol. The summed E-state index contributed by atoms with van der Waals surface area (Å²) in [6.07, 6.45) is 0. The van der Waals surface area contributed by atoms with E-state index in [1.807, 2.05) is 60.7 Å². The average Bonchev–Trinajstić information content (AvgIpc) is 3.19. The molecule has 0 atom stereocenters. The van der Waals surface area contributed by atoms with Crippen LogP contribution in [0.4, 0.5) is 4.39 Å². The topological polar surface area (TPSA) is 44.5 Å². The summed E-state index contributed by atoms with van der Waals surface area (Å²) in [7, 11) is 1.44. The molecule has 0 aliphatic heterocycles. The van der Waals surface area contributed by atoms with Gasteiger partial charge >= 0.3 is 0 Å². The van der Waals surface area contributed by atoms with Gasteiger partial charge in [0.1, 0.15) is 12.3 Å². The molecule has 0 saturated carbocycles. The number of methoxy groups -OCH3 is 1. The van der Waals surface area contributed by atoms with Crippen LogP contribution in [0.5, 0.6) is 5.75 Å². The van der Waals surface area contributed by atoms with E-state index in [0.717, 1.165) is 16.7 Å². The summed E-state index contributed by atoms with van der Waals surface area (Å²) in [6.45, 7) is 0.715. The standard InChI is InChI=1S/C24H20FNO3/c1-27-21-13-12-19(14-20(21)25)24-23(18-10-6-3-7-11-18)22(29-26-24)16-28-15-17-8-4-2-5-9-17/h2-14H,15-16H2,1H3. The molecule has 0 spiro atoms. The summed E-state index contributed by atoms with van der Waals surface area (Å²) in [6, 6.07) is 24.4. The first-order valence-electron chi connectivity index (χ1n) is 9.26. The van der Waals surface area contributed by atoms with Gasteiger partial charge in [-0.3, -0.25) is 0 Å². The number of halogens is 1. The van der Waals surface area contributed by atoms with E-state index in [0.29, 0.717) is 23.6 Å². The van der Waals surface area contributed by atoms with Gasteiger partial charge in [-0.1, -0.05) is 65.8 Å². The van der Waals surface area contributed by atoms with Crippen molar-refractivity contribution in [1.29, 1.82) is 0 Å². The minimum Gasteiger partial charge on any atom is -0.494 e. The molecule has 0 bridgehead atoms. The summed E-state index contributed by atoms with van der Waals surface area (Å²) in [5.74, 6) is 0.331. The number of rotatable bonds is 7. The van der Waals surface area contributed by atoms with E-state index in [2.05, 4.69) is 5.16 Å². The maximum atomic E-state index is 14.3. The highest BCUT2D eigenvalue weighted by atomic mass is 19.1. The number of nitrogens with zero attached hydrogens (tertiary/aromatic N) is 1. The third-order valence-corrected chi connectivity index (χ3v) is 4.60. The zero-order valence-corrected chi connectivity index (χ0v) is 16.0. The van der Waals surface area contributed by atoms with Gasteiger partial charge in [-0.05, 0) is 29.3 Å². The number of hydrogen-bond donors (Lipinski definition) is 0. The van der Waals surface area contributed by atoms with E-state index in [9.17, 15) is 4.39 Å². The van der Waals surface area contributed by atoms with Crippen LogP contribution in [0.25, 0.3) is 22.4 Å². The van der Waals surface area contributed by atoms with Crippen molar-refractivity contribution >= 4 is 0 Å². The fourth-order valence-electron chi connectivity index (χ4n) is 3.17. The molecule has 1 aromatic heterocycles. The normalized spacial score (nSPS) is 10.8. The lowest BCUT2D eigenvalue weighted by Crippen LogP contribution is -1.95. The summed E-state index contributed by atoms with van der Waals surface area (Å²) >= 11 is 0. The summed E-state index contributed by atoms with van der Waals surface area (Å²) in [5.41, 5.74) is 3.98. The van der Waals surface area contributed by atoms with Crippen LogP contribution in [0.2, 0.25) is 0 Å². The van der Waals surface area contributed by atoms with Gasteiger partial charge in [0.25, 0.3) is 0 Å². The molecule has 0 fully saturated rings. The molecular weight excluding hydrogens is 369 g/mol. The van der Waals surface area contributed by atoms with Crippen molar-refractivity contribution < 1.29 is 18.4 Å². The van der Waals surface area contributed by atoms with Crippen molar-refractivity contribution in [2.75, 3.05) is 7.11 Å². The second-order valence-corrected chi connectivity index (χ2v) is 6.52. The average molecular weight is 389 g/mol. The Labute approximate surface area is 168 Å². The zero-order valence-electron chi connectivity index (χ0n) is 16.0. The van der Waals surface area contributed by atoms with Crippen LogP contribution >= 0.6 is 0 Å². The Morgan fingerprint density at radius 2 is 1.59 bits per heavy atom. The van der Waals surface area contributed by atoms with E-state index < -0.39 is 5.82 Å². The van der Waals surface area contributed by atoms with E-state index in [-0.39, 0.29) is 12.4 Å². The lowest BCUT2D eigenvalue weighted by atomic mass is 9.99. The molecule has 146 valence electrons.